The van der Waals surface area contributed by atoms with E-state index in [1.165, 1.54) is 29.6 Å². The van der Waals surface area contributed by atoms with E-state index in [0.717, 1.165) is 24.8 Å². The predicted octanol–water partition coefficient (Wildman–Crippen LogP) is 3.17. The summed E-state index contributed by atoms with van der Waals surface area (Å²) in [5.41, 5.74) is 1.12. The predicted molar refractivity (Wildman–Crippen MR) is 105 cm³/mol. The van der Waals surface area contributed by atoms with Crippen LogP contribution in [0.15, 0.2) is 11.4 Å². The molecule has 4 nitrogen and oxygen atoms in total. The summed E-state index contributed by atoms with van der Waals surface area (Å²) in [5.74, 6) is 2.59. The third-order valence-electron chi connectivity index (χ3n) is 2.81. The average molecular weight is 349 g/mol. The first-order valence-corrected chi connectivity index (χ1v) is 10.2. The van der Waals surface area contributed by atoms with Gasteiger partial charge in [0.05, 0.1) is 5.69 Å². The van der Waals surface area contributed by atoms with Crippen molar-refractivity contribution >= 4 is 23.3 Å². The largest absolute Gasteiger partial charge is 0.318 e. The van der Waals surface area contributed by atoms with E-state index < -0.39 is 0 Å². The van der Waals surface area contributed by atoms with Gasteiger partial charge in [-0.15, -0.1) is 0 Å². The van der Waals surface area contributed by atoms with E-state index in [2.05, 4.69) is 38.7 Å². The van der Waals surface area contributed by atoms with Crippen LogP contribution in [0.5, 0.6) is 0 Å². The van der Waals surface area contributed by atoms with Gasteiger partial charge < -0.3 is 15.5 Å². The molecule has 2 N–H and O–H groups in total. The summed E-state index contributed by atoms with van der Waals surface area (Å²) in [6.07, 6.45) is 0. The molecular weight excluding hydrogens is 312 g/mol. The lowest BCUT2D eigenvalue weighted by Crippen LogP contribution is -2.44. The van der Waals surface area contributed by atoms with Gasteiger partial charge in [0, 0.05) is 42.6 Å². The molecule has 0 saturated carbocycles. The molecular formula is C16H36N4S2. The Kier molecular flexibility index (Phi) is 20.7. The summed E-state index contributed by atoms with van der Waals surface area (Å²) in [7, 11) is 6.15. The number of nitrogens with zero attached hydrogens (tertiary/aromatic N) is 2. The first kappa shape index (κ1) is 24.1. The highest BCUT2D eigenvalue weighted by molar-refractivity contribution is 7.99. The van der Waals surface area contributed by atoms with E-state index in [0.29, 0.717) is 0 Å². The van der Waals surface area contributed by atoms with Gasteiger partial charge in [0.2, 0.25) is 0 Å². The Morgan fingerprint density at radius 1 is 1.23 bits per heavy atom. The third-order valence-corrected chi connectivity index (χ3v) is 4.50. The molecule has 0 amide bonds. The topological polar surface area (TPSA) is 40.2 Å². The summed E-state index contributed by atoms with van der Waals surface area (Å²) in [5, 5.41) is 8.21. The number of likely N-dealkylation sites (N-methyl/N-ethyl adjacent to an activating group) is 2. The van der Waals surface area contributed by atoms with E-state index in [4.69, 9.17) is 0 Å². The van der Waals surface area contributed by atoms with Crippen molar-refractivity contribution < 1.29 is 0 Å². The number of thioether (sulfide) groups is 1. The molecule has 0 radical (unpaired) electrons. The monoisotopic (exact) mass is 348 g/mol. The zero-order valence-corrected chi connectivity index (χ0v) is 17.1. The maximum absolute atomic E-state index is 4.09. The second-order valence-corrected chi connectivity index (χ2v) is 6.10. The minimum Gasteiger partial charge on any atom is -0.318 e. The van der Waals surface area contributed by atoms with Gasteiger partial charge >= 0.3 is 0 Å². The summed E-state index contributed by atoms with van der Waals surface area (Å²) in [4.78, 5) is 2.44. The summed E-state index contributed by atoms with van der Waals surface area (Å²) in [6.45, 7) is 11.3. The van der Waals surface area contributed by atoms with Crippen LogP contribution in [0.4, 0.5) is 0 Å². The minimum atomic E-state index is 0.753. The Hall–Kier alpha value is -0.140. The highest BCUT2D eigenvalue weighted by Crippen LogP contribution is 2.13. The zero-order chi connectivity index (χ0) is 17.2. The van der Waals surface area contributed by atoms with Crippen LogP contribution in [0.1, 0.15) is 33.4 Å². The Morgan fingerprint density at radius 2 is 1.91 bits per heavy atom. The molecule has 22 heavy (non-hydrogen) atoms. The van der Waals surface area contributed by atoms with Crippen LogP contribution in [0, 0.1) is 0 Å². The molecule has 0 bridgehead atoms. The van der Waals surface area contributed by atoms with Gasteiger partial charge in [-0.3, -0.25) is 0 Å². The summed E-state index contributed by atoms with van der Waals surface area (Å²) in [6, 6.07) is 2.77. The second kappa shape index (κ2) is 18.9. The first-order chi connectivity index (χ1) is 10.8. The molecule has 1 aromatic rings. The Labute approximate surface area is 146 Å². The number of rotatable bonds is 4. The number of aromatic nitrogens is 1. The lowest BCUT2D eigenvalue weighted by Gasteiger charge is -2.31. The van der Waals surface area contributed by atoms with Crippen molar-refractivity contribution in [2.24, 2.45) is 0 Å². The first-order valence-electron chi connectivity index (χ1n) is 8.24. The van der Waals surface area contributed by atoms with Crippen LogP contribution in [0.3, 0.4) is 0 Å². The molecule has 2 rings (SSSR count). The molecule has 1 unspecified atom stereocenters. The van der Waals surface area contributed by atoms with Gasteiger partial charge in [0.1, 0.15) is 0 Å². The molecule has 1 aromatic heterocycles. The maximum Gasteiger partial charge on any atom is 0.0679 e. The van der Waals surface area contributed by atoms with Crippen LogP contribution >= 0.6 is 23.3 Å². The standard InChI is InChI=1S/C7H16N2S.C5H8N2S.2C2H6/c1-8-5-7-6-10-4-3-9(7)2;1-6-4-5-2-3-8-7-5;2*1-2/h7-8H,3-6H2,1-2H3;2-3,6H,4H2,1H3;2*1-2H3. The molecule has 2 heterocycles. The number of nitrogens with one attached hydrogen (secondary N) is 2. The Morgan fingerprint density at radius 3 is 2.36 bits per heavy atom. The Balaban J connectivity index is 0. The summed E-state index contributed by atoms with van der Waals surface area (Å²) < 4.78 is 4.09. The molecule has 0 spiro atoms. The lowest BCUT2D eigenvalue weighted by atomic mass is 10.3. The van der Waals surface area contributed by atoms with Crippen molar-refractivity contribution in [1.29, 1.82) is 0 Å². The molecule has 1 fully saturated rings. The smallest absolute Gasteiger partial charge is 0.0679 e. The van der Waals surface area contributed by atoms with E-state index in [-0.39, 0.29) is 0 Å². The van der Waals surface area contributed by atoms with Crippen LogP contribution in [0.25, 0.3) is 0 Å². The van der Waals surface area contributed by atoms with E-state index in [9.17, 15) is 0 Å². The van der Waals surface area contributed by atoms with Gasteiger partial charge in [-0.25, -0.2) is 0 Å². The van der Waals surface area contributed by atoms with Gasteiger partial charge in [0.15, 0.2) is 0 Å². The maximum atomic E-state index is 4.09. The number of hydrogen-bond acceptors (Lipinski definition) is 6. The van der Waals surface area contributed by atoms with Crippen molar-refractivity contribution in [2.75, 3.05) is 45.7 Å². The SMILES string of the molecule is CC.CC.CNCC1CSCCN1C.CNCc1ccsn1. The van der Waals surface area contributed by atoms with Crippen molar-refractivity contribution in [1.82, 2.24) is 19.9 Å². The molecule has 1 aliphatic rings. The Bertz CT molecular complexity index is 292. The van der Waals surface area contributed by atoms with Crippen molar-refractivity contribution in [3.05, 3.63) is 17.1 Å². The summed E-state index contributed by atoms with van der Waals surface area (Å²) >= 11 is 3.55. The fourth-order valence-electron chi connectivity index (χ4n) is 1.70. The molecule has 6 heteroatoms. The molecule has 1 aliphatic heterocycles. The molecule has 1 atom stereocenters. The van der Waals surface area contributed by atoms with Crippen LogP contribution in [0.2, 0.25) is 0 Å². The third kappa shape index (κ3) is 12.4. The van der Waals surface area contributed by atoms with E-state index >= 15 is 0 Å². The van der Waals surface area contributed by atoms with Gasteiger partial charge in [-0.2, -0.15) is 16.1 Å². The quantitative estimate of drug-likeness (QED) is 0.874. The van der Waals surface area contributed by atoms with Crippen LogP contribution < -0.4 is 10.6 Å². The van der Waals surface area contributed by atoms with E-state index in [1.54, 1.807) is 0 Å². The van der Waals surface area contributed by atoms with Gasteiger partial charge in [0.25, 0.3) is 0 Å². The van der Waals surface area contributed by atoms with Crippen LogP contribution in [-0.2, 0) is 6.54 Å². The van der Waals surface area contributed by atoms with Crippen molar-refractivity contribution in [2.45, 2.75) is 40.3 Å². The average Bonchev–Trinajstić information content (AvgIpc) is 3.08. The highest BCUT2D eigenvalue weighted by atomic mass is 32.2. The number of hydrogen-bond donors (Lipinski definition) is 2. The normalized spacial score (nSPS) is 17.1. The highest BCUT2D eigenvalue weighted by Gasteiger charge is 2.17. The van der Waals surface area contributed by atoms with Crippen LogP contribution in [-0.4, -0.2) is 61.1 Å². The van der Waals surface area contributed by atoms with Crippen molar-refractivity contribution in [3.8, 4) is 0 Å². The second-order valence-electron chi connectivity index (χ2n) is 4.29. The van der Waals surface area contributed by atoms with Gasteiger partial charge in [-0.05, 0) is 38.7 Å². The fourth-order valence-corrected chi connectivity index (χ4v) is 3.47. The minimum absolute atomic E-state index is 0.753. The zero-order valence-electron chi connectivity index (χ0n) is 15.5. The fraction of sp³-hybridized carbons (Fsp3) is 0.812. The molecule has 1 saturated heterocycles. The van der Waals surface area contributed by atoms with Gasteiger partial charge in [-0.1, -0.05) is 27.7 Å². The van der Waals surface area contributed by atoms with E-state index in [1.807, 2.05) is 53.2 Å². The van der Waals surface area contributed by atoms with Crippen molar-refractivity contribution in [3.63, 3.8) is 0 Å². The lowest BCUT2D eigenvalue weighted by molar-refractivity contribution is 0.266. The molecule has 132 valence electrons. The molecule has 0 aromatic carbocycles. The molecule has 0 aliphatic carbocycles.